The second-order valence-corrected chi connectivity index (χ2v) is 5.24. The first kappa shape index (κ1) is 11.9. The predicted molar refractivity (Wildman–Crippen MR) is 64.3 cm³/mol. The lowest BCUT2D eigenvalue weighted by Crippen LogP contribution is -2.45. The van der Waals surface area contributed by atoms with Gasteiger partial charge in [0.25, 0.3) is 0 Å². The minimum absolute atomic E-state index is 0.117. The van der Waals surface area contributed by atoms with Gasteiger partial charge in [0.05, 0.1) is 6.54 Å². The fourth-order valence-electron chi connectivity index (χ4n) is 2.92. The predicted octanol–water partition coefficient (Wildman–Crippen LogP) is 0.337. The smallest absolute Gasteiger partial charge is 0.234 e. The second-order valence-electron chi connectivity index (χ2n) is 5.24. The quantitative estimate of drug-likeness (QED) is 0.725. The summed E-state index contributed by atoms with van der Waals surface area (Å²) in [6.07, 6.45) is 3.81. The number of nitrogens with one attached hydrogen (secondary N) is 2. The molecular formula is C12H23N3O. The standard InChI is InChI=1S/C12H23N3O/c1-9(2)14-12(16)8-13-10-5-7-15-6-3-4-11(10)15/h9-11,13H,3-8H2,1-2H3,(H,14,16). The van der Waals surface area contributed by atoms with Crippen molar-refractivity contribution in [3.05, 3.63) is 0 Å². The summed E-state index contributed by atoms with van der Waals surface area (Å²) in [5, 5.41) is 6.32. The monoisotopic (exact) mass is 225 g/mol. The Hall–Kier alpha value is -0.610. The maximum atomic E-state index is 11.5. The van der Waals surface area contributed by atoms with Crippen molar-refractivity contribution >= 4 is 5.91 Å². The zero-order chi connectivity index (χ0) is 11.5. The minimum atomic E-state index is 0.117. The lowest BCUT2D eigenvalue weighted by atomic mass is 10.1. The van der Waals surface area contributed by atoms with Gasteiger partial charge in [-0.2, -0.15) is 0 Å². The Kier molecular flexibility index (Phi) is 3.82. The maximum absolute atomic E-state index is 11.5. The van der Waals surface area contributed by atoms with Crippen molar-refractivity contribution in [3.63, 3.8) is 0 Å². The SMILES string of the molecule is CC(C)NC(=O)CNC1CCN2CCCC12. The third-order valence-corrected chi connectivity index (χ3v) is 3.58. The molecule has 0 spiro atoms. The first-order chi connectivity index (χ1) is 7.66. The van der Waals surface area contributed by atoms with Crippen LogP contribution in [-0.4, -0.2) is 48.6 Å². The molecule has 2 heterocycles. The average molecular weight is 225 g/mol. The molecule has 0 aromatic heterocycles. The normalized spacial score (nSPS) is 29.7. The van der Waals surface area contributed by atoms with Gasteiger partial charge in [-0.05, 0) is 39.7 Å². The molecule has 1 amide bonds. The molecule has 2 atom stereocenters. The third-order valence-electron chi connectivity index (χ3n) is 3.58. The van der Waals surface area contributed by atoms with Crippen LogP contribution in [-0.2, 0) is 4.79 Å². The summed E-state index contributed by atoms with van der Waals surface area (Å²) in [4.78, 5) is 14.1. The molecule has 2 aliphatic rings. The van der Waals surface area contributed by atoms with Crippen LogP contribution in [0.1, 0.15) is 33.1 Å². The molecule has 2 rings (SSSR count). The van der Waals surface area contributed by atoms with Gasteiger partial charge in [-0.1, -0.05) is 0 Å². The van der Waals surface area contributed by atoms with E-state index in [1.807, 2.05) is 13.8 Å². The van der Waals surface area contributed by atoms with E-state index in [-0.39, 0.29) is 11.9 Å². The topological polar surface area (TPSA) is 44.4 Å². The molecule has 4 heteroatoms. The summed E-state index contributed by atoms with van der Waals surface area (Å²) in [6.45, 7) is 6.90. The lowest BCUT2D eigenvalue weighted by Gasteiger charge is -2.21. The van der Waals surface area contributed by atoms with Crippen molar-refractivity contribution < 1.29 is 4.79 Å². The molecule has 2 fully saturated rings. The highest BCUT2D eigenvalue weighted by atomic mass is 16.1. The zero-order valence-electron chi connectivity index (χ0n) is 10.3. The van der Waals surface area contributed by atoms with Crippen molar-refractivity contribution in [2.45, 2.75) is 51.2 Å². The Bertz CT molecular complexity index is 255. The van der Waals surface area contributed by atoms with Gasteiger partial charge in [-0.15, -0.1) is 0 Å². The van der Waals surface area contributed by atoms with Crippen LogP contribution in [0.3, 0.4) is 0 Å². The number of nitrogens with zero attached hydrogens (tertiary/aromatic N) is 1. The van der Waals surface area contributed by atoms with E-state index in [0.717, 1.165) is 0 Å². The molecule has 0 aliphatic carbocycles. The van der Waals surface area contributed by atoms with E-state index in [4.69, 9.17) is 0 Å². The number of fused-ring (bicyclic) bond motifs is 1. The van der Waals surface area contributed by atoms with Crippen LogP contribution in [0, 0.1) is 0 Å². The molecule has 2 saturated heterocycles. The van der Waals surface area contributed by atoms with Gasteiger partial charge in [-0.25, -0.2) is 0 Å². The van der Waals surface area contributed by atoms with Gasteiger partial charge in [0, 0.05) is 24.7 Å². The minimum Gasteiger partial charge on any atom is -0.353 e. The molecule has 0 bridgehead atoms. The van der Waals surface area contributed by atoms with Crippen LogP contribution < -0.4 is 10.6 Å². The highest BCUT2D eigenvalue weighted by Crippen LogP contribution is 2.27. The molecular weight excluding hydrogens is 202 g/mol. The van der Waals surface area contributed by atoms with E-state index in [1.54, 1.807) is 0 Å². The van der Waals surface area contributed by atoms with Crippen molar-refractivity contribution in [1.82, 2.24) is 15.5 Å². The van der Waals surface area contributed by atoms with Crippen molar-refractivity contribution in [1.29, 1.82) is 0 Å². The summed E-state index contributed by atoms with van der Waals surface area (Å²) in [6, 6.07) is 1.45. The Labute approximate surface area is 97.8 Å². The van der Waals surface area contributed by atoms with E-state index in [9.17, 15) is 4.79 Å². The fourth-order valence-corrected chi connectivity index (χ4v) is 2.92. The summed E-state index contributed by atoms with van der Waals surface area (Å²) >= 11 is 0. The van der Waals surface area contributed by atoms with Gasteiger partial charge < -0.3 is 10.6 Å². The summed E-state index contributed by atoms with van der Waals surface area (Å²) in [5.41, 5.74) is 0. The molecule has 0 radical (unpaired) electrons. The first-order valence-corrected chi connectivity index (χ1v) is 6.43. The van der Waals surface area contributed by atoms with Gasteiger partial charge in [0.15, 0.2) is 0 Å². The van der Waals surface area contributed by atoms with Crippen LogP contribution >= 0.6 is 0 Å². The van der Waals surface area contributed by atoms with Gasteiger partial charge in [0.1, 0.15) is 0 Å². The third kappa shape index (κ3) is 2.74. The number of hydrogen-bond acceptors (Lipinski definition) is 3. The summed E-state index contributed by atoms with van der Waals surface area (Å²) in [5.74, 6) is 0.117. The first-order valence-electron chi connectivity index (χ1n) is 6.43. The van der Waals surface area contributed by atoms with Crippen LogP contribution in [0.2, 0.25) is 0 Å². The summed E-state index contributed by atoms with van der Waals surface area (Å²) < 4.78 is 0. The molecule has 4 nitrogen and oxygen atoms in total. The van der Waals surface area contributed by atoms with Crippen LogP contribution in [0.5, 0.6) is 0 Å². The molecule has 0 saturated carbocycles. The number of carbonyl (C=O) groups is 1. The molecule has 92 valence electrons. The Morgan fingerprint density at radius 3 is 2.94 bits per heavy atom. The highest BCUT2D eigenvalue weighted by Gasteiger charge is 2.36. The van der Waals surface area contributed by atoms with Gasteiger partial charge >= 0.3 is 0 Å². The van der Waals surface area contributed by atoms with Crippen molar-refractivity contribution in [2.75, 3.05) is 19.6 Å². The van der Waals surface area contributed by atoms with E-state index < -0.39 is 0 Å². The van der Waals surface area contributed by atoms with Crippen LogP contribution in [0.4, 0.5) is 0 Å². The number of carbonyl (C=O) groups excluding carboxylic acids is 1. The zero-order valence-corrected chi connectivity index (χ0v) is 10.3. The van der Waals surface area contributed by atoms with Gasteiger partial charge in [-0.3, -0.25) is 9.69 Å². The maximum Gasteiger partial charge on any atom is 0.234 e. The second kappa shape index (κ2) is 5.15. The number of hydrogen-bond donors (Lipinski definition) is 2. The number of amides is 1. The summed E-state index contributed by atoms with van der Waals surface area (Å²) in [7, 11) is 0. The molecule has 16 heavy (non-hydrogen) atoms. The molecule has 0 aromatic carbocycles. The Morgan fingerprint density at radius 2 is 2.19 bits per heavy atom. The number of rotatable bonds is 4. The van der Waals surface area contributed by atoms with Crippen molar-refractivity contribution in [2.24, 2.45) is 0 Å². The lowest BCUT2D eigenvalue weighted by molar-refractivity contribution is -0.120. The molecule has 2 N–H and O–H groups in total. The van der Waals surface area contributed by atoms with Crippen LogP contribution in [0.25, 0.3) is 0 Å². The van der Waals surface area contributed by atoms with E-state index in [0.29, 0.717) is 18.6 Å². The molecule has 2 unspecified atom stereocenters. The molecule has 0 aromatic rings. The Balaban J connectivity index is 1.72. The fraction of sp³-hybridized carbons (Fsp3) is 0.917. The highest BCUT2D eigenvalue weighted by molar-refractivity contribution is 5.78. The van der Waals surface area contributed by atoms with E-state index >= 15 is 0 Å². The van der Waals surface area contributed by atoms with Crippen LogP contribution in [0.15, 0.2) is 0 Å². The average Bonchev–Trinajstić information content (AvgIpc) is 2.75. The Morgan fingerprint density at radius 1 is 1.38 bits per heavy atom. The largest absolute Gasteiger partial charge is 0.353 e. The van der Waals surface area contributed by atoms with E-state index in [1.165, 1.54) is 32.4 Å². The van der Waals surface area contributed by atoms with Crippen molar-refractivity contribution in [3.8, 4) is 0 Å². The van der Waals surface area contributed by atoms with Gasteiger partial charge in [0.2, 0.25) is 5.91 Å². The van der Waals surface area contributed by atoms with E-state index in [2.05, 4.69) is 15.5 Å². The molecule has 2 aliphatic heterocycles.